The molecule has 1 aromatic heterocycles. The zero-order chi connectivity index (χ0) is 25.3. The Balaban J connectivity index is 0.00000320. The molecule has 1 amide bonds. The number of piperidine rings is 1. The first kappa shape index (κ1) is 23.9. The van der Waals surface area contributed by atoms with Gasteiger partial charge in [-0.05, 0) is 67.2 Å². The third-order valence-corrected chi connectivity index (χ3v) is 7.18. The van der Waals surface area contributed by atoms with Gasteiger partial charge in [0.05, 0.1) is 11.1 Å². The van der Waals surface area contributed by atoms with Crippen molar-refractivity contribution in [2.75, 3.05) is 18.0 Å². The molecule has 3 aliphatic rings. The smallest absolute Gasteiger partial charge is 0.254 e. The number of amides is 1. The highest BCUT2D eigenvalue weighted by atomic mass is 19.1. The zero-order valence-electron chi connectivity index (χ0n) is 20.5. The molecule has 188 valence electrons. The van der Waals surface area contributed by atoms with E-state index in [0.717, 1.165) is 41.9 Å². The van der Waals surface area contributed by atoms with Gasteiger partial charge < -0.3 is 15.1 Å². The molecule has 0 saturated carbocycles. The van der Waals surface area contributed by atoms with Crippen molar-refractivity contribution in [2.24, 2.45) is 0 Å². The number of anilines is 1. The van der Waals surface area contributed by atoms with Crippen molar-refractivity contribution < 1.29 is 10.6 Å². The highest BCUT2D eigenvalue weighted by Crippen LogP contribution is 2.29. The van der Waals surface area contributed by atoms with Crippen LogP contribution in [0.4, 0.5) is 10.2 Å². The Bertz CT molecular complexity index is 1280. The Morgan fingerprint density at radius 1 is 1.19 bits per heavy atom. The second-order valence-electron chi connectivity index (χ2n) is 9.96. The van der Waals surface area contributed by atoms with Gasteiger partial charge in [-0.1, -0.05) is 24.3 Å². The first-order valence-corrected chi connectivity index (χ1v) is 12.4. The number of hydrogen-bond donors (Lipinski definition) is 3. The number of rotatable bonds is 4. The van der Waals surface area contributed by atoms with E-state index in [1.165, 1.54) is 6.07 Å². The number of amidine groups is 2. The largest absolute Gasteiger partial charge is 0.352 e. The van der Waals surface area contributed by atoms with E-state index in [-0.39, 0.29) is 6.99 Å². The summed E-state index contributed by atoms with van der Waals surface area (Å²) in [6.45, 7) is 3.85. The molecular weight excluding hydrogens is 455 g/mol. The molecule has 1 aromatic carbocycles. The summed E-state index contributed by atoms with van der Waals surface area (Å²) in [4.78, 5) is 21.6. The zero-order valence-corrected chi connectivity index (χ0v) is 20.5. The molecule has 7 nitrogen and oxygen atoms in total. The Morgan fingerprint density at radius 2 is 2.06 bits per heavy atom. The average Bonchev–Trinajstić information content (AvgIpc) is 2.88. The lowest BCUT2D eigenvalue weighted by molar-refractivity contribution is 0.0918. The molecule has 1 fully saturated rings. The maximum atomic E-state index is 15.0. The van der Waals surface area contributed by atoms with E-state index in [9.17, 15) is 4.79 Å². The van der Waals surface area contributed by atoms with Gasteiger partial charge in [0.15, 0.2) is 0 Å². The van der Waals surface area contributed by atoms with Crippen LogP contribution in [0.3, 0.4) is 0 Å². The Morgan fingerprint density at radius 3 is 2.83 bits per heavy atom. The number of nitrogens with zero attached hydrogens (tertiary/aromatic N) is 3. The number of fused-ring (bicyclic) bond motifs is 1. The number of benzene rings is 1. The Hall–Kier alpha value is -3.81. The molecule has 8 heteroatoms. The number of allylic oxidation sites excluding steroid dienone is 2. The molecule has 36 heavy (non-hydrogen) atoms. The number of nitrogens with one attached hydrogen (secondary N) is 3. The second-order valence-corrected chi connectivity index (χ2v) is 9.96. The molecule has 5 rings (SSSR count). The van der Waals surface area contributed by atoms with Crippen molar-refractivity contribution in [1.82, 2.24) is 15.2 Å². The van der Waals surface area contributed by atoms with Crippen molar-refractivity contribution in [3.8, 4) is 0 Å². The van der Waals surface area contributed by atoms with E-state index in [2.05, 4.69) is 15.2 Å². The van der Waals surface area contributed by atoms with E-state index < -0.39 is 17.3 Å². The van der Waals surface area contributed by atoms with Gasteiger partial charge in [0, 0.05) is 40.1 Å². The predicted octanol–water partition coefficient (Wildman–Crippen LogP) is 4.84. The lowest BCUT2D eigenvalue weighted by Crippen LogP contribution is -2.48. The van der Waals surface area contributed by atoms with E-state index in [0.29, 0.717) is 44.0 Å². The molecule has 2 aliphatic heterocycles. The first-order valence-electron chi connectivity index (χ1n) is 12.4. The van der Waals surface area contributed by atoms with Gasteiger partial charge in [-0.15, -0.1) is 0 Å². The van der Waals surface area contributed by atoms with Crippen molar-refractivity contribution in [1.29, 1.82) is 10.8 Å². The maximum Gasteiger partial charge on any atom is 0.254 e. The fraction of sp³-hybridized carbons (Fsp3) is 0.357. The van der Waals surface area contributed by atoms with Crippen LogP contribution < -0.4 is 10.2 Å². The fourth-order valence-electron chi connectivity index (χ4n) is 5.21. The first-order chi connectivity index (χ1) is 17.3. The van der Waals surface area contributed by atoms with Crippen LogP contribution in [0, 0.1) is 16.6 Å². The Kier molecular flexibility index (Phi) is 6.43. The third kappa shape index (κ3) is 4.80. The number of halogens is 1. The van der Waals surface area contributed by atoms with Gasteiger partial charge in [0.2, 0.25) is 0 Å². The van der Waals surface area contributed by atoms with Crippen LogP contribution in [-0.2, 0) is 13.0 Å². The second kappa shape index (κ2) is 9.68. The van der Waals surface area contributed by atoms with Gasteiger partial charge in [-0.3, -0.25) is 15.6 Å². The van der Waals surface area contributed by atoms with Crippen molar-refractivity contribution in [3.63, 3.8) is 0 Å². The van der Waals surface area contributed by atoms with Gasteiger partial charge >= 0.3 is 0 Å². The number of carbonyl (C=O) groups excluding carboxylic acids is 1. The van der Waals surface area contributed by atoms with Crippen LogP contribution in [-0.4, -0.2) is 46.1 Å². The lowest BCUT2D eigenvalue weighted by atomic mass is 9.86. The van der Waals surface area contributed by atoms with Crippen LogP contribution >= 0.6 is 0 Å². The molecular formula is C28H33FN6O. The normalized spacial score (nSPS) is 21.6. The summed E-state index contributed by atoms with van der Waals surface area (Å²) < 4.78 is 15.0. The standard InChI is InChI=1S/C28H31FN6O.H2/c1-28(11-6-7-20(17-28)26(31)35-13-5-3-8-24(35)30)33-27(36)22-15-21-18-34(25-9-2-4-12-32-25)14-10-19(21)16-23(22)29;/h2,4,6-7,9,11-12,15-16,30-31H,3,5,8,10,13-14,17-18H2,1H3,(H,33,36);1H. The van der Waals surface area contributed by atoms with Crippen LogP contribution in [0.25, 0.3) is 0 Å². The summed E-state index contributed by atoms with van der Waals surface area (Å²) in [7, 11) is 0. The molecule has 2 aromatic rings. The molecule has 0 bridgehead atoms. The summed E-state index contributed by atoms with van der Waals surface area (Å²) in [5.74, 6) is 0.631. The molecule has 3 N–H and O–H groups in total. The summed E-state index contributed by atoms with van der Waals surface area (Å²) in [5, 5.41) is 19.9. The highest BCUT2D eigenvalue weighted by molar-refractivity contribution is 6.07. The number of carbonyl (C=O) groups is 1. The van der Waals surface area contributed by atoms with Gasteiger partial charge in [0.25, 0.3) is 5.91 Å². The van der Waals surface area contributed by atoms with E-state index in [4.69, 9.17) is 10.8 Å². The van der Waals surface area contributed by atoms with Crippen molar-refractivity contribution in [3.05, 3.63) is 82.8 Å². The summed E-state index contributed by atoms with van der Waals surface area (Å²) >= 11 is 0. The molecule has 0 radical (unpaired) electrons. The topological polar surface area (TPSA) is 96.2 Å². The van der Waals surface area contributed by atoms with Crippen LogP contribution in [0.2, 0.25) is 0 Å². The summed E-state index contributed by atoms with van der Waals surface area (Å²) in [5.41, 5.74) is 1.85. The lowest BCUT2D eigenvalue weighted by Gasteiger charge is -2.35. The number of hydrogen-bond acceptors (Lipinski definition) is 5. The summed E-state index contributed by atoms with van der Waals surface area (Å²) in [6.07, 6.45) is 11.0. The van der Waals surface area contributed by atoms with Crippen LogP contribution in [0.1, 0.15) is 55.5 Å². The fourth-order valence-corrected chi connectivity index (χ4v) is 5.21. The molecule has 1 saturated heterocycles. The Labute approximate surface area is 212 Å². The van der Waals surface area contributed by atoms with Gasteiger partial charge in [-0.2, -0.15) is 0 Å². The van der Waals surface area contributed by atoms with E-state index >= 15 is 4.39 Å². The molecule has 1 aliphatic carbocycles. The van der Waals surface area contributed by atoms with Crippen LogP contribution in [0.5, 0.6) is 0 Å². The minimum absolute atomic E-state index is 0. The van der Waals surface area contributed by atoms with Crippen LogP contribution in [0.15, 0.2) is 60.3 Å². The van der Waals surface area contributed by atoms with E-state index in [1.54, 1.807) is 17.2 Å². The average molecular weight is 489 g/mol. The third-order valence-electron chi connectivity index (χ3n) is 7.18. The minimum Gasteiger partial charge on any atom is -0.352 e. The molecule has 3 heterocycles. The van der Waals surface area contributed by atoms with Crippen molar-refractivity contribution in [2.45, 2.75) is 51.1 Å². The molecule has 1 unspecified atom stereocenters. The van der Waals surface area contributed by atoms with Crippen molar-refractivity contribution >= 4 is 23.4 Å². The maximum absolute atomic E-state index is 15.0. The molecule has 0 spiro atoms. The van der Waals surface area contributed by atoms with E-state index in [1.807, 2.05) is 43.4 Å². The SMILES string of the molecule is CC1(NC(=O)c2cc3c(cc2F)CCN(c2ccccn2)C3)C=CC=C(C(=N)N2CCCCC2=N)C1.[HH]. The van der Waals surface area contributed by atoms with Gasteiger partial charge in [0.1, 0.15) is 23.3 Å². The van der Waals surface area contributed by atoms with Gasteiger partial charge in [-0.25, -0.2) is 9.37 Å². The number of aromatic nitrogens is 1. The number of pyridine rings is 1. The highest BCUT2D eigenvalue weighted by Gasteiger charge is 2.32. The summed E-state index contributed by atoms with van der Waals surface area (Å²) in [6, 6.07) is 8.92. The predicted molar refractivity (Wildman–Crippen MR) is 141 cm³/mol. The monoisotopic (exact) mass is 488 g/mol. The quantitative estimate of drug-likeness (QED) is 0.424. The molecule has 1 atom stereocenters. The minimum atomic E-state index is -0.770. The number of likely N-dealkylation sites (tertiary alicyclic amines) is 1.